The Balaban J connectivity index is 2.04. The van der Waals surface area contributed by atoms with Gasteiger partial charge >= 0.3 is 6.23 Å². The first-order valence-corrected chi connectivity index (χ1v) is 6.25. The second kappa shape index (κ2) is 5.13. The number of rotatable bonds is 3. The molecule has 100 valence electrons. The fourth-order valence-corrected chi connectivity index (χ4v) is 2.35. The fraction of sp³-hybridized carbons (Fsp3) is 0.133. The predicted molar refractivity (Wildman–Crippen MR) is 74.0 cm³/mol. The zero-order chi connectivity index (χ0) is 13.9. The fourth-order valence-electron chi connectivity index (χ4n) is 2.35. The smallest absolute Gasteiger partial charge is 0.320 e. The first-order valence-electron chi connectivity index (χ1n) is 6.25. The van der Waals surface area contributed by atoms with Crippen LogP contribution in [0.25, 0.3) is 0 Å². The minimum absolute atomic E-state index is 0.433. The molecule has 0 saturated heterocycles. The van der Waals surface area contributed by atoms with Gasteiger partial charge in [-0.05, 0) is 5.56 Å². The van der Waals surface area contributed by atoms with Crippen LogP contribution in [0.3, 0.4) is 0 Å². The highest BCUT2D eigenvalue weighted by molar-refractivity contribution is 6.05. The molecule has 0 fully saturated rings. The van der Waals surface area contributed by atoms with Gasteiger partial charge in [0.05, 0.1) is 4.92 Å². The lowest BCUT2D eigenvalue weighted by molar-refractivity contribution is -0.574. The molecule has 0 spiro atoms. The Morgan fingerprint density at radius 1 is 1.00 bits per heavy atom. The van der Waals surface area contributed by atoms with Crippen molar-refractivity contribution >= 4 is 5.71 Å². The third-order valence-electron chi connectivity index (χ3n) is 3.27. The summed E-state index contributed by atoms with van der Waals surface area (Å²) in [6, 6.07) is 18.7. The summed E-state index contributed by atoms with van der Waals surface area (Å²) in [6.07, 6.45) is -1.17. The highest BCUT2D eigenvalue weighted by Crippen LogP contribution is 2.32. The van der Waals surface area contributed by atoms with Gasteiger partial charge < -0.3 is 4.84 Å². The van der Waals surface area contributed by atoms with Gasteiger partial charge in [-0.1, -0.05) is 65.8 Å². The van der Waals surface area contributed by atoms with E-state index in [9.17, 15) is 10.1 Å². The molecule has 2 aromatic rings. The summed E-state index contributed by atoms with van der Waals surface area (Å²) in [7, 11) is 0. The first-order chi connectivity index (χ1) is 9.77. The Morgan fingerprint density at radius 3 is 2.20 bits per heavy atom. The standard InChI is InChI=1S/C15H12N2O3/c18-17(19)15-13(11-7-3-1-4-8-11)14(16-20-15)12-9-5-2-6-10-12/h1-10,13,15H/t13-,15-/m0/s1. The van der Waals surface area contributed by atoms with E-state index in [1.807, 2.05) is 60.7 Å². The van der Waals surface area contributed by atoms with E-state index in [1.54, 1.807) is 0 Å². The second-order valence-corrected chi connectivity index (χ2v) is 4.51. The van der Waals surface area contributed by atoms with Crippen molar-refractivity contribution in [1.82, 2.24) is 0 Å². The summed E-state index contributed by atoms with van der Waals surface area (Å²) < 4.78 is 0. The third-order valence-corrected chi connectivity index (χ3v) is 3.27. The maximum Gasteiger partial charge on any atom is 0.387 e. The van der Waals surface area contributed by atoms with E-state index in [1.165, 1.54) is 0 Å². The topological polar surface area (TPSA) is 64.7 Å². The van der Waals surface area contributed by atoms with Crippen molar-refractivity contribution in [3.8, 4) is 0 Å². The molecule has 1 aliphatic rings. The van der Waals surface area contributed by atoms with Crippen molar-refractivity contribution in [2.24, 2.45) is 5.16 Å². The maximum absolute atomic E-state index is 11.2. The monoisotopic (exact) mass is 268 g/mol. The van der Waals surface area contributed by atoms with Crippen LogP contribution in [0.2, 0.25) is 0 Å². The molecule has 0 radical (unpaired) electrons. The highest BCUT2D eigenvalue weighted by Gasteiger charge is 2.44. The van der Waals surface area contributed by atoms with E-state index in [0.717, 1.165) is 11.1 Å². The quantitative estimate of drug-likeness (QED) is 0.635. The molecule has 5 nitrogen and oxygen atoms in total. The summed E-state index contributed by atoms with van der Waals surface area (Å²) in [4.78, 5) is 15.8. The molecular weight excluding hydrogens is 256 g/mol. The van der Waals surface area contributed by atoms with E-state index in [4.69, 9.17) is 4.84 Å². The van der Waals surface area contributed by atoms with E-state index < -0.39 is 17.1 Å². The molecular formula is C15H12N2O3. The molecule has 0 amide bonds. The number of nitrogens with zero attached hydrogens (tertiary/aromatic N) is 2. The summed E-state index contributed by atoms with van der Waals surface area (Å²) in [6.45, 7) is 0. The van der Waals surface area contributed by atoms with Gasteiger partial charge in [0.1, 0.15) is 11.6 Å². The SMILES string of the molecule is O=[N+]([O-])[C@H]1ON=C(c2ccccc2)[C@@H]1c1ccccc1. The highest BCUT2D eigenvalue weighted by atomic mass is 16.7. The maximum atomic E-state index is 11.2. The van der Waals surface area contributed by atoms with Crippen LogP contribution in [0.4, 0.5) is 0 Å². The van der Waals surface area contributed by atoms with Crippen molar-refractivity contribution in [2.75, 3.05) is 0 Å². The summed E-state index contributed by atoms with van der Waals surface area (Å²) >= 11 is 0. The lowest BCUT2D eigenvalue weighted by Gasteiger charge is -2.13. The lowest BCUT2D eigenvalue weighted by Crippen LogP contribution is -2.29. The van der Waals surface area contributed by atoms with Gasteiger partial charge in [-0.25, -0.2) is 0 Å². The van der Waals surface area contributed by atoms with E-state index in [0.29, 0.717) is 5.71 Å². The molecule has 1 heterocycles. The zero-order valence-electron chi connectivity index (χ0n) is 10.5. The Labute approximate surface area is 115 Å². The molecule has 0 unspecified atom stereocenters. The van der Waals surface area contributed by atoms with Crippen LogP contribution in [-0.4, -0.2) is 16.9 Å². The van der Waals surface area contributed by atoms with Crippen molar-refractivity contribution < 1.29 is 9.76 Å². The molecule has 0 N–H and O–H groups in total. The van der Waals surface area contributed by atoms with Gasteiger partial charge in [-0.3, -0.25) is 10.1 Å². The van der Waals surface area contributed by atoms with Gasteiger partial charge in [-0.2, -0.15) is 0 Å². The van der Waals surface area contributed by atoms with Crippen LogP contribution in [0, 0.1) is 10.1 Å². The molecule has 2 aromatic carbocycles. The first kappa shape index (κ1) is 12.3. The van der Waals surface area contributed by atoms with E-state index in [-0.39, 0.29) is 0 Å². The molecule has 2 atom stereocenters. The van der Waals surface area contributed by atoms with Gasteiger partial charge in [0.25, 0.3) is 0 Å². The Hall–Kier alpha value is -2.69. The van der Waals surface area contributed by atoms with Gasteiger partial charge in [0, 0.05) is 5.56 Å². The average Bonchev–Trinajstić information content (AvgIpc) is 2.94. The number of hydrogen-bond acceptors (Lipinski definition) is 4. The second-order valence-electron chi connectivity index (χ2n) is 4.51. The summed E-state index contributed by atoms with van der Waals surface area (Å²) in [5, 5.41) is 15.1. The Kier molecular flexibility index (Phi) is 3.16. The zero-order valence-corrected chi connectivity index (χ0v) is 10.5. The summed E-state index contributed by atoms with van der Waals surface area (Å²) in [5.74, 6) is -0.492. The number of nitro groups is 1. The lowest BCUT2D eigenvalue weighted by atomic mass is 9.89. The molecule has 5 heteroatoms. The molecule has 0 aromatic heterocycles. The van der Waals surface area contributed by atoms with Gasteiger partial charge in [0.15, 0.2) is 0 Å². The van der Waals surface area contributed by atoms with Crippen molar-refractivity contribution in [1.29, 1.82) is 0 Å². The van der Waals surface area contributed by atoms with Gasteiger partial charge in [0.2, 0.25) is 0 Å². The van der Waals surface area contributed by atoms with Crippen LogP contribution < -0.4 is 0 Å². The molecule has 0 saturated carbocycles. The molecule has 0 bridgehead atoms. The minimum atomic E-state index is -1.17. The van der Waals surface area contributed by atoms with Crippen LogP contribution in [0.5, 0.6) is 0 Å². The van der Waals surface area contributed by atoms with Crippen LogP contribution >= 0.6 is 0 Å². The predicted octanol–water partition coefficient (Wildman–Crippen LogP) is 2.81. The van der Waals surface area contributed by atoms with Crippen LogP contribution in [0.1, 0.15) is 17.0 Å². The average molecular weight is 268 g/mol. The van der Waals surface area contributed by atoms with E-state index in [2.05, 4.69) is 5.16 Å². The third kappa shape index (κ3) is 2.14. The van der Waals surface area contributed by atoms with Crippen molar-refractivity contribution in [2.45, 2.75) is 12.1 Å². The van der Waals surface area contributed by atoms with Gasteiger partial charge in [-0.15, -0.1) is 0 Å². The van der Waals surface area contributed by atoms with E-state index >= 15 is 0 Å². The van der Waals surface area contributed by atoms with Crippen molar-refractivity contribution in [3.05, 3.63) is 81.9 Å². The number of hydrogen-bond donors (Lipinski definition) is 0. The molecule has 1 aliphatic heterocycles. The number of benzene rings is 2. The summed E-state index contributed by atoms with van der Waals surface area (Å²) in [5.41, 5.74) is 2.26. The molecule has 20 heavy (non-hydrogen) atoms. The largest absolute Gasteiger partial charge is 0.387 e. The molecule has 0 aliphatic carbocycles. The van der Waals surface area contributed by atoms with Crippen LogP contribution in [-0.2, 0) is 4.84 Å². The molecule has 3 rings (SSSR count). The minimum Gasteiger partial charge on any atom is -0.320 e. The normalized spacial score (nSPS) is 21.1. The Bertz CT molecular complexity index is 641. The Morgan fingerprint density at radius 2 is 1.60 bits per heavy atom. The number of oxime groups is 1. The van der Waals surface area contributed by atoms with Crippen molar-refractivity contribution in [3.63, 3.8) is 0 Å². The van der Waals surface area contributed by atoms with Crippen LogP contribution in [0.15, 0.2) is 65.8 Å².